The van der Waals surface area contributed by atoms with E-state index in [2.05, 4.69) is 20.2 Å². The van der Waals surface area contributed by atoms with Crippen LogP contribution in [0.15, 0.2) is 12.4 Å². The zero-order chi connectivity index (χ0) is 12.4. The molecule has 1 saturated carbocycles. The fourth-order valence-corrected chi connectivity index (χ4v) is 1.95. The number of morpholine rings is 1. The summed E-state index contributed by atoms with van der Waals surface area (Å²) in [6.45, 7) is 3.08. The molecule has 6 nitrogen and oxygen atoms in total. The van der Waals surface area contributed by atoms with Gasteiger partial charge in [0, 0.05) is 25.1 Å². The molecule has 0 bridgehead atoms. The third kappa shape index (κ3) is 2.59. The Kier molecular flexibility index (Phi) is 3.10. The van der Waals surface area contributed by atoms with Gasteiger partial charge in [-0.2, -0.15) is 0 Å². The molecular formula is C12H16N4O2. The van der Waals surface area contributed by atoms with Crippen molar-refractivity contribution in [2.75, 3.05) is 36.5 Å². The van der Waals surface area contributed by atoms with Crippen LogP contribution < -0.4 is 10.2 Å². The van der Waals surface area contributed by atoms with Gasteiger partial charge < -0.3 is 15.0 Å². The van der Waals surface area contributed by atoms with E-state index in [-0.39, 0.29) is 11.8 Å². The Morgan fingerprint density at radius 1 is 1.33 bits per heavy atom. The summed E-state index contributed by atoms with van der Waals surface area (Å²) in [5, 5.41) is 2.84. The molecule has 0 unspecified atom stereocenters. The molecule has 0 aromatic carbocycles. The highest BCUT2D eigenvalue weighted by Crippen LogP contribution is 2.30. The number of amides is 1. The van der Waals surface area contributed by atoms with Gasteiger partial charge in [-0.1, -0.05) is 0 Å². The van der Waals surface area contributed by atoms with Crippen molar-refractivity contribution >= 4 is 17.5 Å². The number of aromatic nitrogens is 2. The fraction of sp³-hybridized carbons (Fsp3) is 0.583. The lowest BCUT2D eigenvalue weighted by Crippen LogP contribution is -2.36. The quantitative estimate of drug-likeness (QED) is 0.851. The van der Waals surface area contributed by atoms with E-state index in [1.807, 2.05) is 6.07 Å². The van der Waals surface area contributed by atoms with Gasteiger partial charge in [-0.15, -0.1) is 0 Å². The molecule has 2 fully saturated rings. The number of rotatable bonds is 3. The van der Waals surface area contributed by atoms with Crippen molar-refractivity contribution in [1.29, 1.82) is 0 Å². The predicted octanol–water partition coefficient (Wildman–Crippen LogP) is 0.662. The smallest absolute Gasteiger partial charge is 0.228 e. The molecule has 6 heteroatoms. The van der Waals surface area contributed by atoms with Gasteiger partial charge in [0.2, 0.25) is 5.91 Å². The summed E-state index contributed by atoms with van der Waals surface area (Å²) in [5.74, 6) is 1.69. The molecule has 2 aliphatic rings. The van der Waals surface area contributed by atoms with E-state index < -0.39 is 0 Å². The van der Waals surface area contributed by atoms with Gasteiger partial charge in [0.25, 0.3) is 0 Å². The van der Waals surface area contributed by atoms with Gasteiger partial charge in [0.05, 0.1) is 13.2 Å². The first-order valence-corrected chi connectivity index (χ1v) is 6.28. The Morgan fingerprint density at radius 2 is 2.11 bits per heavy atom. The molecule has 1 amide bonds. The minimum Gasteiger partial charge on any atom is -0.378 e. The largest absolute Gasteiger partial charge is 0.378 e. The second-order valence-electron chi connectivity index (χ2n) is 4.62. The zero-order valence-electron chi connectivity index (χ0n) is 10.1. The highest BCUT2D eigenvalue weighted by Gasteiger charge is 2.29. The van der Waals surface area contributed by atoms with Crippen molar-refractivity contribution in [3.8, 4) is 0 Å². The van der Waals surface area contributed by atoms with Crippen molar-refractivity contribution in [3.63, 3.8) is 0 Å². The summed E-state index contributed by atoms with van der Waals surface area (Å²) in [5.41, 5.74) is 0. The molecule has 2 heterocycles. The highest BCUT2D eigenvalue weighted by atomic mass is 16.5. The third-order valence-electron chi connectivity index (χ3n) is 3.19. The number of hydrogen-bond acceptors (Lipinski definition) is 5. The SMILES string of the molecule is O=C(Nc1cc(N2CCOCC2)ncn1)C1CC1. The second kappa shape index (κ2) is 4.89. The molecule has 0 radical (unpaired) electrons. The number of nitrogens with zero attached hydrogens (tertiary/aromatic N) is 3. The number of carbonyl (C=O) groups is 1. The molecule has 0 spiro atoms. The molecular weight excluding hydrogens is 232 g/mol. The van der Waals surface area contributed by atoms with Crippen LogP contribution in [0.4, 0.5) is 11.6 Å². The van der Waals surface area contributed by atoms with Crippen LogP contribution in [0.5, 0.6) is 0 Å². The zero-order valence-corrected chi connectivity index (χ0v) is 10.1. The summed E-state index contributed by atoms with van der Waals surface area (Å²) in [6.07, 6.45) is 3.48. The topological polar surface area (TPSA) is 67.4 Å². The Bertz CT molecular complexity index is 441. The van der Waals surface area contributed by atoms with Crippen molar-refractivity contribution in [1.82, 2.24) is 9.97 Å². The van der Waals surface area contributed by atoms with Crippen LogP contribution in [0.2, 0.25) is 0 Å². The Labute approximate surface area is 105 Å². The van der Waals surface area contributed by atoms with E-state index in [0.29, 0.717) is 19.0 Å². The van der Waals surface area contributed by atoms with Crippen molar-refractivity contribution in [2.45, 2.75) is 12.8 Å². The van der Waals surface area contributed by atoms with Gasteiger partial charge in [-0.3, -0.25) is 4.79 Å². The lowest BCUT2D eigenvalue weighted by atomic mass is 10.3. The summed E-state index contributed by atoms with van der Waals surface area (Å²) in [6, 6.07) is 1.82. The summed E-state index contributed by atoms with van der Waals surface area (Å²) in [7, 11) is 0. The fourth-order valence-electron chi connectivity index (χ4n) is 1.95. The molecule has 1 saturated heterocycles. The first-order valence-electron chi connectivity index (χ1n) is 6.28. The van der Waals surface area contributed by atoms with Crippen molar-refractivity contribution < 1.29 is 9.53 Å². The lowest BCUT2D eigenvalue weighted by molar-refractivity contribution is -0.117. The van der Waals surface area contributed by atoms with E-state index >= 15 is 0 Å². The minimum absolute atomic E-state index is 0.0710. The Morgan fingerprint density at radius 3 is 2.83 bits per heavy atom. The second-order valence-corrected chi connectivity index (χ2v) is 4.62. The first-order chi connectivity index (χ1) is 8.83. The highest BCUT2D eigenvalue weighted by molar-refractivity contribution is 5.93. The van der Waals surface area contributed by atoms with Gasteiger partial charge in [0.15, 0.2) is 0 Å². The number of anilines is 2. The molecule has 1 aliphatic carbocycles. The minimum atomic E-state index is 0.0710. The van der Waals surface area contributed by atoms with E-state index in [9.17, 15) is 4.79 Å². The maximum Gasteiger partial charge on any atom is 0.228 e. The third-order valence-corrected chi connectivity index (χ3v) is 3.19. The number of hydrogen-bond donors (Lipinski definition) is 1. The van der Waals surface area contributed by atoms with Crippen LogP contribution in [0.25, 0.3) is 0 Å². The van der Waals surface area contributed by atoms with Gasteiger partial charge in [-0.25, -0.2) is 9.97 Å². The average Bonchev–Trinajstić information content (AvgIpc) is 3.24. The van der Waals surface area contributed by atoms with Crippen LogP contribution >= 0.6 is 0 Å². The molecule has 0 atom stereocenters. The lowest BCUT2D eigenvalue weighted by Gasteiger charge is -2.27. The number of nitrogens with one attached hydrogen (secondary N) is 1. The van der Waals surface area contributed by atoms with E-state index in [1.165, 1.54) is 6.33 Å². The summed E-state index contributed by atoms with van der Waals surface area (Å²) in [4.78, 5) is 22.1. The maximum atomic E-state index is 11.7. The van der Waals surface area contributed by atoms with Crippen LogP contribution in [0.3, 0.4) is 0 Å². The molecule has 18 heavy (non-hydrogen) atoms. The molecule has 1 N–H and O–H groups in total. The van der Waals surface area contributed by atoms with Gasteiger partial charge >= 0.3 is 0 Å². The van der Waals surface area contributed by atoms with Crippen molar-refractivity contribution in [3.05, 3.63) is 12.4 Å². The summed E-state index contributed by atoms with van der Waals surface area (Å²) < 4.78 is 5.30. The maximum absolute atomic E-state index is 11.7. The standard InChI is InChI=1S/C12H16N4O2/c17-12(9-1-2-9)15-10-7-11(14-8-13-10)16-3-5-18-6-4-16/h7-9H,1-6H2,(H,13,14,15,17). The van der Waals surface area contributed by atoms with Crippen LogP contribution in [0, 0.1) is 5.92 Å². The monoisotopic (exact) mass is 248 g/mol. The van der Waals surface area contributed by atoms with Crippen LogP contribution in [-0.4, -0.2) is 42.2 Å². The molecule has 1 aromatic heterocycles. The van der Waals surface area contributed by atoms with Gasteiger partial charge in [0.1, 0.15) is 18.0 Å². The Hall–Kier alpha value is -1.69. The first kappa shape index (κ1) is 11.4. The van der Waals surface area contributed by atoms with Crippen LogP contribution in [0.1, 0.15) is 12.8 Å². The molecule has 3 rings (SSSR count). The van der Waals surface area contributed by atoms with Crippen molar-refractivity contribution in [2.24, 2.45) is 5.92 Å². The Balaban J connectivity index is 1.69. The van der Waals surface area contributed by atoms with Crippen LogP contribution in [-0.2, 0) is 9.53 Å². The molecule has 1 aliphatic heterocycles. The van der Waals surface area contributed by atoms with E-state index in [1.54, 1.807) is 0 Å². The van der Waals surface area contributed by atoms with E-state index in [4.69, 9.17) is 4.74 Å². The number of ether oxygens (including phenoxy) is 1. The van der Waals surface area contributed by atoms with E-state index in [0.717, 1.165) is 31.7 Å². The summed E-state index contributed by atoms with van der Waals surface area (Å²) >= 11 is 0. The predicted molar refractivity (Wildman–Crippen MR) is 66.4 cm³/mol. The van der Waals surface area contributed by atoms with Gasteiger partial charge in [-0.05, 0) is 12.8 Å². The number of carbonyl (C=O) groups excluding carboxylic acids is 1. The molecule has 96 valence electrons. The average molecular weight is 248 g/mol. The molecule has 1 aromatic rings. The normalized spacial score (nSPS) is 19.7.